The number of pyridine rings is 1. The average molecular weight is 176 g/mol. The Hall–Kier alpha value is -1.15. The Labute approximate surface area is 79.5 Å². The molecule has 1 atom stereocenters. The highest BCUT2D eigenvalue weighted by molar-refractivity contribution is 5.31. The largest absolute Gasteiger partial charge is 0.321 e. The van der Waals surface area contributed by atoms with E-state index in [1.807, 2.05) is 19.2 Å². The Morgan fingerprint density at radius 2 is 2.38 bits per heavy atom. The molecule has 0 bridgehead atoms. The van der Waals surface area contributed by atoms with Crippen LogP contribution in [0, 0.1) is 0 Å². The van der Waals surface area contributed by atoms with E-state index in [0.29, 0.717) is 0 Å². The fraction of sp³-hybridized carbons (Fsp3) is 0.364. The topological polar surface area (TPSA) is 38.9 Å². The van der Waals surface area contributed by atoms with Crippen LogP contribution in [0.2, 0.25) is 0 Å². The van der Waals surface area contributed by atoms with Crippen LogP contribution in [0.5, 0.6) is 0 Å². The van der Waals surface area contributed by atoms with Gasteiger partial charge < -0.3 is 5.73 Å². The number of nitrogens with two attached hydrogens (primary N) is 1. The molecule has 1 rings (SSSR count). The summed E-state index contributed by atoms with van der Waals surface area (Å²) in [7, 11) is 0. The summed E-state index contributed by atoms with van der Waals surface area (Å²) in [6.07, 6.45) is 4.61. The van der Waals surface area contributed by atoms with Crippen molar-refractivity contribution in [2.45, 2.75) is 26.3 Å². The molecule has 0 amide bonds. The Morgan fingerprint density at radius 1 is 1.69 bits per heavy atom. The van der Waals surface area contributed by atoms with E-state index in [-0.39, 0.29) is 6.04 Å². The highest BCUT2D eigenvalue weighted by Gasteiger charge is 2.09. The Bertz CT molecular complexity index is 305. The monoisotopic (exact) mass is 176 g/mol. The number of aromatic nitrogens is 1. The van der Waals surface area contributed by atoms with Gasteiger partial charge in [0.1, 0.15) is 0 Å². The molecule has 0 aliphatic carbocycles. The predicted octanol–water partition coefficient (Wildman–Crippen LogP) is 2.22. The number of rotatable bonds is 3. The molecule has 2 nitrogen and oxygen atoms in total. The summed E-state index contributed by atoms with van der Waals surface area (Å²) in [6, 6.07) is 1.91. The first-order valence-electron chi connectivity index (χ1n) is 4.50. The molecule has 2 heteroatoms. The van der Waals surface area contributed by atoms with Crippen LogP contribution in [-0.2, 0) is 6.42 Å². The second-order valence-electron chi connectivity index (χ2n) is 3.25. The first-order chi connectivity index (χ1) is 6.16. The molecular formula is C11H16N2. The van der Waals surface area contributed by atoms with Gasteiger partial charge in [-0.15, -0.1) is 0 Å². The van der Waals surface area contributed by atoms with Crippen molar-refractivity contribution < 1.29 is 0 Å². The molecule has 0 radical (unpaired) electrons. The van der Waals surface area contributed by atoms with Crippen molar-refractivity contribution >= 4 is 0 Å². The fourth-order valence-electron chi connectivity index (χ4n) is 1.30. The molecule has 0 aliphatic heterocycles. The summed E-state index contributed by atoms with van der Waals surface area (Å²) in [4.78, 5) is 4.07. The Morgan fingerprint density at radius 3 is 2.92 bits per heavy atom. The minimum Gasteiger partial charge on any atom is -0.321 e. The summed E-state index contributed by atoms with van der Waals surface area (Å²) < 4.78 is 0. The maximum Gasteiger partial charge on any atom is 0.0509 e. The molecule has 0 spiro atoms. The van der Waals surface area contributed by atoms with Gasteiger partial charge in [-0.25, -0.2) is 0 Å². The minimum absolute atomic E-state index is 0.0575. The maximum atomic E-state index is 5.99. The van der Waals surface area contributed by atoms with Gasteiger partial charge in [-0.2, -0.15) is 0 Å². The lowest BCUT2D eigenvalue weighted by Gasteiger charge is -2.14. The van der Waals surface area contributed by atoms with E-state index in [0.717, 1.165) is 17.6 Å². The van der Waals surface area contributed by atoms with Crippen molar-refractivity contribution in [1.82, 2.24) is 4.98 Å². The van der Waals surface area contributed by atoms with Crippen molar-refractivity contribution in [3.05, 3.63) is 41.7 Å². The van der Waals surface area contributed by atoms with E-state index in [1.54, 1.807) is 6.20 Å². The van der Waals surface area contributed by atoms with Crippen LogP contribution in [0.15, 0.2) is 30.6 Å². The van der Waals surface area contributed by atoms with Crippen molar-refractivity contribution in [2.24, 2.45) is 5.73 Å². The molecule has 1 heterocycles. The zero-order chi connectivity index (χ0) is 9.84. The smallest absolute Gasteiger partial charge is 0.0509 e. The predicted molar refractivity (Wildman–Crippen MR) is 55.4 cm³/mol. The highest BCUT2D eigenvalue weighted by atomic mass is 14.7. The van der Waals surface area contributed by atoms with E-state index in [4.69, 9.17) is 5.73 Å². The third kappa shape index (κ3) is 2.16. The lowest BCUT2D eigenvalue weighted by molar-refractivity contribution is 0.826. The van der Waals surface area contributed by atoms with E-state index in [2.05, 4.69) is 18.5 Å². The fourth-order valence-corrected chi connectivity index (χ4v) is 1.30. The molecule has 1 aromatic heterocycles. The molecule has 1 aromatic rings. The second kappa shape index (κ2) is 4.19. The van der Waals surface area contributed by atoms with Crippen LogP contribution in [0.4, 0.5) is 0 Å². The second-order valence-corrected chi connectivity index (χ2v) is 3.25. The van der Waals surface area contributed by atoms with Gasteiger partial charge in [0.05, 0.1) is 6.04 Å². The first-order valence-corrected chi connectivity index (χ1v) is 4.50. The van der Waals surface area contributed by atoms with Crippen LogP contribution in [0.1, 0.15) is 31.0 Å². The van der Waals surface area contributed by atoms with Crippen molar-refractivity contribution in [2.75, 3.05) is 0 Å². The zero-order valence-electron chi connectivity index (χ0n) is 8.25. The third-order valence-corrected chi connectivity index (χ3v) is 2.19. The van der Waals surface area contributed by atoms with Crippen LogP contribution >= 0.6 is 0 Å². The standard InChI is InChI=1S/C11H16N2/c1-4-9-7-13-6-5-10(9)11(12)8(2)3/h5-7,11H,2,4,12H2,1,3H3. The highest BCUT2D eigenvalue weighted by Crippen LogP contribution is 2.20. The number of hydrogen-bond acceptors (Lipinski definition) is 2. The molecule has 2 N–H and O–H groups in total. The normalized spacial score (nSPS) is 12.5. The number of aryl methyl sites for hydroxylation is 1. The van der Waals surface area contributed by atoms with Gasteiger partial charge in [0.15, 0.2) is 0 Å². The van der Waals surface area contributed by atoms with E-state index < -0.39 is 0 Å². The Kier molecular flexibility index (Phi) is 3.20. The average Bonchev–Trinajstić information content (AvgIpc) is 2.16. The van der Waals surface area contributed by atoms with Gasteiger partial charge in [0.25, 0.3) is 0 Å². The van der Waals surface area contributed by atoms with Gasteiger partial charge in [-0.3, -0.25) is 4.98 Å². The molecule has 0 saturated heterocycles. The quantitative estimate of drug-likeness (QED) is 0.717. The molecule has 70 valence electrons. The SMILES string of the molecule is C=C(C)C(N)c1ccncc1CC. The molecule has 1 unspecified atom stereocenters. The van der Waals surface area contributed by atoms with Gasteiger partial charge in [0, 0.05) is 12.4 Å². The molecule has 0 saturated carbocycles. The molecule has 0 aromatic carbocycles. The third-order valence-electron chi connectivity index (χ3n) is 2.19. The lowest BCUT2D eigenvalue weighted by Crippen LogP contribution is -2.13. The van der Waals surface area contributed by atoms with Crippen molar-refractivity contribution in [1.29, 1.82) is 0 Å². The van der Waals surface area contributed by atoms with E-state index in [1.165, 1.54) is 5.56 Å². The Balaban J connectivity index is 3.05. The summed E-state index contributed by atoms with van der Waals surface area (Å²) in [6.45, 7) is 7.91. The van der Waals surface area contributed by atoms with E-state index in [9.17, 15) is 0 Å². The van der Waals surface area contributed by atoms with Crippen molar-refractivity contribution in [3.8, 4) is 0 Å². The van der Waals surface area contributed by atoms with Gasteiger partial charge in [0.2, 0.25) is 0 Å². The summed E-state index contributed by atoms with van der Waals surface area (Å²) >= 11 is 0. The van der Waals surface area contributed by atoms with Gasteiger partial charge >= 0.3 is 0 Å². The summed E-state index contributed by atoms with van der Waals surface area (Å²) in [5, 5.41) is 0. The van der Waals surface area contributed by atoms with Crippen LogP contribution in [0.25, 0.3) is 0 Å². The van der Waals surface area contributed by atoms with Crippen LogP contribution in [-0.4, -0.2) is 4.98 Å². The maximum absolute atomic E-state index is 5.99. The lowest BCUT2D eigenvalue weighted by atomic mass is 9.97. The number of nitrogens with zero attached hydrogens (tertiary/aromatic N) is 1. The number of hydrogen-bond donors (Lipinski definition) is 1. The zero-order valence-corrected chi connectivity index (χ0v) is 8.25. The van der Waals surface area contributed by atoms with E-state index >= 15 is 0 Å². The molecular weight excluding hydrogens is 160 g/mol. The molecule has 13 heavy (non-hydrogen) atoms. The first kappa shape index (κ1) is 9.93. The van der Waals surface area contributed by atoms with Crippen LogP contribution < -0.4 is 5.73 Å². The summed E-state index contributed by atoms with van der Waals surface area (Å²) in [5.41, 5.74) is 9.32. The van der Waals surface area contributed by atoms with Gasteiger partial charge in [-0.1, -0.05) is 19.1 Å². The summed E-state index contributed by atoms with van der Waals surface area (Å²) in [5.74, 6) is 0. The minimum atomic E-state index is -0.0575. The van der Waals surface area contributed by atoms with Crippen LogP contribution in [0.3, 0.4) is 0 Å². The van der Waals surface area contributed by atoms with Gasteiger partial charge in [-0.05, 0) is 30.5 Å². The van der Waals surface area contributed by atoms with Crippen molar-refractivity contribution in [3.63, 3.8) is 0 Å². The molecule has 0 aliphatic rings. The molecule has 0 fully saturated rings.